The van der Waals surface area contributed by atoms with Gasteiger partial charge in [0, 0.05) is 5.38 Å². The minimum atomic E-state index is 0.155. The van der Waals surface area contributed by atoms with E-state index in [1.165, 1.54) is 25.7 Å². The van der Waals surface area contributed by atoms with Gasteiger partial charge in [0.1, 0.15) is 11.1 Å². The summed E-state index contributed by atoms with van der Waals surface area (Å²) < 4.78 is 6.26. The van der Waals surface area contributed by atoms with Crippen molar-refractivity contribution in [2.24, 2.45) is 5.92 Å². The number of thiazole rings is 1. The molecule has 1 aliphatic carbocycles. The van der Waals surface area contributed by atoms with Gasteiger partial charge >= 0.3 is 0 Å². The monoisotopic (exact) mass is 287 g/mol. The number of hydrogen-bond acceptors (Lipinski definition) is 3. The summed E-state index contributed by atoms with van der Waals surface area (Å²) in [4.78, 5) is 4.55. The summed E-state index contributed by atoms with van der Waals surface area (Å²) in [5.74, 6) is 1.30. The second-order valence-electron chi connectivity index (χ2n) is 5.24. The highest BCUT2D eigenvalue weighted by molar-refractivity contribution is 7.09. The molecule has 0 amide bonds. The summed E-state index contributed by atoms with van der Waals surface area (Å²) in [6.45, 7) is 4.49. The number of halogens is 1. The van der Waals surface area contributed by atoms with Crippen LogP contribution in [-0.2, 0) is 10.6 Å². The lowest BCUT2D eigenvalue weighted by molar-refractivity contribution is -0.0419. The average Bonchev–Trinajstić information content (AvgIpc) is 2.84. The first-order valence-corrected chi connectivity index (χ1v) is 8.30. The molecule has 3 unspecified atom stereocenters. The van der Waals surface area contributed by atoms with Gasteiger partial charge in [0.2, 0.25) is 0 Å². The number of aromatic nitrogens is 1. The highest BCUT2D eigenvalue weighted by Gasteiger charge is 2.24. The Kier molecular flexibility index (Phi) is 5.46. The van der Waals surface area contributed by atoms with E-state index in [0.29, 0.717) is 12.0 Å². The predicted molar refractivity (Wildman–Crippen MR) is 77.2 cm³/mol. The zero-order valence-electron chi connectivity index (χ0n) is 11.2. The third-order valence-corrected chi connectivity index (χ3v) is 4.86. The maximum absolute atomic E-state index is 6.26. The Morgan fingerprint density at radius 2 is 2.39 bits per heavy atom. The average molecular weight is 288 g/mol. The topological polar surface area (TPSA) is 22.1 Å². The first kappa shape index (κ1) is 14.3. The molecule has 1 aliphatic rings. The van der Waals surface area contributed by atoms with Gasteiger partial charge in [0.15, 0.2) is 0 Å². The van der Waals surface area contributed by atoms with Crippen molar-refractivity contribution in [3.63, 3.8) is 0 Å². The van der Waals surface area contributed by atoms with Crippen molar-refractivity contribution in [1.29, 1.82) is 0 Å². The highest BCUT2D eigenvalue weighted by Crippen LogP contribution is 2.32. The molecule has 0 N–H and O–H groups in total. The molecule has 4 heteroatoms. The zero-order chi connectivity index (χ0) is 13.0. The lowest BCUT2D eigenvalue weighted by Crippen LogP contribution is -2.23. The molecule has 1 heterocycles. The van der Waals surface area contributed by atoms with Crippen LogP contribution < -0.4 is 0 Å². The van der Waals surface area contributed by atoms with Crippen molar-refractivity contribution in [3.05, 3.63) is 16.1 Å². The van der Waals surface area contributed by atoms with Crippen molar-refractivity contribution in [1.82, 2.24) is 4.98 Å². The minimum absolute atomic E-state index is 0.155. The zero-order valence-corrected chi connectivity index (χ0v) is 12.8. The van der Waals surface area contributed by atoms with E-state index in [-0.39, 0.29) is 6.10 Å². The van der Waals surface area contributed by atoms with Gasteiger partial charge in [-0.25, -0.2) is 4.98 Å². The molecule has 1 aromatic heterocycles. The molecule has 1 saturated carbocycles. The Bertz CT molecular complexity index is 368. The van der Waals surface area contributed by atoms with Crippen LogP contribution in [0.25, 0.3) is 0 Å². The van der Waals surface area contributed by atoms with Gasteiger partial charge in [-0.3, -0.25) is 0 Å². The Morgan fingerprint density at radius 3 is 3.00 bits per heavy atom. The van der Waals surface area contributed by atoms with Gasteiger partial charge in [-0.05, 0) is 25.2 Å². The smallest absolute Gasteiger partial charge is 0.122 e. The molecule has 18 heavy (non-hydrogen) atoms. The third kappa shape index (κ3) is 3.69. The van der Waals surface area contributed by atoms with Crippen molar-refractivity contribution >= 4 is 22.9 Å². The number of ether oxygens (including phenoxy) is 1. The van der Waals surface area contributed by atoms with Gasteiger partial charge in [-0.2, -0.15) is 0 Å². The number of rotatable bonds is 5. The molecular weight excluding hydrogens is 266 g/mol. The van der Waals surface area contributed by atoms with Crippen LogP contribution in [0.2, 0.25) is 0 Å². The van der Waals surface area contributed by atoms with E-state index >= 15 is 0 Å². The van der Waals surface area contributed by atoms with E-state index < -0.39 is 0 Å². The quantitative estimate of drug-likeness (QED) is 0.717. The fourth-order valence-corrected chi connectivity index (χ4v) is 3.76. The Morgan fingerprint density at radius 1 is 1.56 bits per heavy atom. The van der Waals surface area contributed by atoms with E-state index in [0.717, 1.165) is 23.0 Å². The van der Waals surface area contributed by atoms with Crippen LogP contribution in [0.5, 0.6) is 0 Å². The van der Waals surface area contributed by atoms with Crippen molar-refractivity contribution < 1.29 is 4.74 Å². The van der Waals surface area contributed by atoms with Gasteiger partial charge in [0.05, 0.1) is 17.7 Å². The second kappa shape index (κ2) is 6.88. The lowest BCUT2D eigenvalue weighted by Gasteiger charge is -2.29. The van der Waals surface area contributed by atoms with E-state index in [4.69, 9.17) is 16.3 Å². The molecule has 0 saturated heterocycles. The van der Waals surface area contributed by atoms with Crippen molar-refractivity contribution in [2.45, 2.75) is 64.0 Å². The van der Waals surface area contributed by atoms with Gasteiger partial charge < -0.3 is 4.74 Å². The summed E-state index contributed by atoms with van der Waals surface area (Å²) in [7, 11) is 0. The molecule has 0 bridgehead atoms. The fraction of sp³-hybridized carbons (Fsp3) is 0.786. The van der Waals surface area contributed by atoms with Gasteiger partial charge in [0.25, 0.3) is 0 Å². The molecule has 2 nitrogen and oxygen atoms in total. The van der Waals surface area contributed by atoms with Crippen LogP contribution in [0.15, 0.2) is 5.38 Å². The first-order valence-electron chi connectivity index (χ1n) is 6.88. The summed E-state index contributed by atoms with van der Waals surface area (Å²) in [5.41, 5.74) is 0.968. The van der Waals surface area contributed by atoms with E-state index in [2.05, 4.69) is 18.8 Å². The molecule has 3 atom stereocenters. The standard InChI is InChI=1S/C14H22ClNOS/c1-3-13(14-16-11(8-15)9-18-14)17-12-6-4-5-10(2)7-12/h9-10,12-13H,3-8H2,1-2H3. The molecule has 0 aliphatic heterocycles. The van der Waals surface area contributed by atoms with E-state index in [9.17, 15) is 0 Å². The van der Waals surface area contributed by atoms with Crippen LogP contribution in [0, 0.1) is 5.92 Å². The SMILES string of the molecule is CCC(OC1CCCC(C)C1)c1nc(CCl)cs1. The third-order valence-electron chi connectivity index (χ3n) is 3.60. The number of hydrogen-bond donors (Lipinski definition) is 0. The Labute approximate surface area is 119 Å². The maximum atomic E-state index is 6.26. The largest absolute Gasteiger partial charge is 0.368 e. The van der Waals surface area contributed by atoms with E-state index in [1.54, 1.807) is 11.3 Å². The van der Waals surface area contributed by atoms with E-state index in [1.807, 2.05) is 5.38 Å². The molecule has 2 rings (SSSR count). The van der Waals surface area contributed by atoms with Crippen LogP contribution >= 0.6 is 22.9 Å². The van der Waals surface area contributed by atoms with Crippen LogP contribution in [-0.4, -0.2) is 11.1 Å². The van der Waals surface area contributed by atoms with Gasteiger partial charge in [-0.1, -0.05) is 26.7 Å². The fourth-order valence-electron chi connectivity index (χ4n) is 2.60. The normalized spacial score (nSPS) is 26.2. The molecule has 1 fully saturated rings. The Balaban J connectivity index is 1.95. The van der Waals surface area contributed by atoms with Crippen LogP contribution in [0.4, 0.5) is 0 Å². The Hall–Kier alpha value is -0.120. The minimum Gasteiger partial charge on any atom is -0.368 e. The molecule has 0 spiro atoms. The highest BCUT2D eigenvalue weighted by atomic mass is 35.5. The molecule has 0 aromatic carbocycles. The molecule has 102 valence electrons. The summed E-state index contributed by atoms with van der Waals surface area (Å²) >= 11 is 7.48. The number of nitrogens with zero attached hydrogens (tertiary/aromatic N) is 1. The van der Waals surface area contributed by atoms with Crippen LogP contribution in [0.1, 0.15) is 62.8 Å². The van der Waals surface area contributed by atoms with Crippen molar-refractivity contribution in [2.75, 3.05) is 0 Å². The first-order chi connectivity index (χ1) is 8.72. The molecule has 1 aromatic rings. The maximum Gasteiger partial charge on any atom is 0.122 e. The summed E-state index contributed by atoms with van der Waals surface area (Å²) in [6.07, 6.45) is 6.61. The van der Waals surface area contributed by atoms with Gasteiger partial charge in [-0.15, -0.1) is 22.9 Å². The van der Waals surface area contributed by atoms with Crippen LogP contribution in [0.3, 0.4) is 0 Å². The lowest BCUT2D eigenvalue weighted by atomic mass is 9.88. The molecular formula is C14H22ClNOS. The number of alkyl halides is 1. The molecule has 0 radical (unpaired) electrons. The summed E-state index contributed by atoms with van der Waals surface area (Å²) in [6, 6.07) is 0. The predicted octanol–water partition coefficient (Wildman–Crippen LogP) is 4.93. The summed E-state index contributed by atoms with van der Waals surface area (Å²) in [5, 5.41) is 3.13. The second-order valence-corrected chi connectivity index (χ2v) is 6.39. The van der Waals surface area contributed by atoms with Crippen molar-refractivity contribution in [3.8, 4) is 0 Å².